The topological polar surface area (TPSA) is 66.0 Å². The lowest BCUT2D eigenvalue weighted by atomic mass is 9.98. The van der Waals surface area contributed by atoms with E-state index in [1.165, 1.54) is 6.07 Å². The Balaban J connectivity index is 1.90. The Bertz CT molecular complexity index is 1440. The minimum absolute atomic E-state index is 0.132. The highest BCUT2D eigenvalue weighted by molar-refractivity contribution is 5.84. The van der Waals surface area contributed by atoms with Crippen molar-refractivity contribution in [2.45, 2.75) is 26.8 Å². The molecule has 0 fully saturated rings. The molecule has 4 nitrogen and oxygen atoms in total. The van der Waals surface area contributed by atoms with E-state index in [0.29, 0.717) is 27.9 Å². The SMILES string of the molecule is Cc1cc([C@@H](C)Nc2ccc(F)c(F)c2C#N)c2oc(-c3ccccc3)c(C)c(=O)c2c1. The van der Waals surface area contributed by atoms with E-state index in [1.807, 2.05) is 43.3 Å². The molecule has 0 unspecified atom stereocenters. The molecule has 0 aliphatic rings. The number of halogens is 2. The average molecular weight is 430 g/mol. The van der Waals surface area contributed by atoms with Gasteiger partial charge in [-0.05, 0) is 44.5 Å². The van der Waals surface area contributed by atoms with Gasteiger partial charge in [-0.2, -0.15) is 5.26 Å². The summed E-state index contributed by atoms with van der Waals surface area (Å²) in [5.74, 6) is -1.81. The van der Waals surface area contributed by atoms with Gasteiger partial charge in [-0.3, -0.25) is 4.79 Å². The maximum absolute atomic E-state index is 14.1. The lowest BCUT2D eigenvalue weighted by molar-refractivity contribution is 0.506. The van der Waals surface area contributed by atoms with Gasteiger partial charge in [0.25, 0.3) is 0 Å². The number of hydrogen-bond donors (Lipinski definition) is 1. The number of hydrogen-bond acceptors (Lipinski definition) is 4. The van der Waals surface area contributed by atoms with E-state index >= 15 is 0 Å². The second-order valence-electron chi connectivity index (χ2n) is 7.74. The van der Waals surface area contributed by atoms with Crippen LogP contribution in [0.3, 0.4) is 0 Å². The predicted molar refractivity (Wildman–Crippen MR) is 121 cm³/mol. The molecule has 4 aromatic rings. The Labute approximate surface area is 183 Å². The van der Waals surface area contributed by atoms with Crippen LogP contribution in [0.15, 0.2) is 63.8 Å². The fourth-order valence-corrected chi connectivity index (χ4v) is 3.85. The summed E-state index contributed by atoms with van der Waals surface area (Å²) in [4.78, 5) is 13.2. The minimum atomic E-state index is -1.20. The number of nitrogens with one attached hydrogen (secondary N) is 1. The fraction of sp³-hybridized carbons (Fsp3) is 0.154. The van der Waals surface area contributed by atoms with Gasteiger partial charge in [0.05, 0.1) is 17.1 Å². The quantitative estimate of drug-likeness (QED) is 0.407. The molecule has 1 atom stereocenters. The standard InChI is InChI=1S/C26H20F2N2O2/c1-14-11-18(16(3)30-22-10-9-21(27)23(28)20(22)13-29)26-19(12-14)24(31)15(2)25(32-26)17-7-5-4-6-8-17/h4-12,16,30H,1-3H3/t16-/m1/s1. The first-order valence-electron chi connectivity index (χ1n) is 10.1. The molecule has 4 rings (SSSR count). The molecule has 0 amide bonds. The van der Waals surface area contributed by atoms with E-state index in [0.717, 1.165) is 17.2 Å². The molecule has 1 aromatic heterocycles. The van der Waals surface area contributed by atoms with Crippen LogP contribution in [0.2, 0.25) is 0 Å². The van der Waals surface area contributed by atoms with Crippen molar-refractivity contribution in [3.8, 4) is 17.4 Å². The smallest absolute Gasteiger partial charge is 0.196 e. The van der Waals surface area contributed by atoms with Crippen molar-refractivity contribution >= 4 is 16.7 Å². The number of fused-ring (bicyclic) bond motifs is 1. The third kappa shape index (κ3) is 3.63. The van der Waals surface area contributed by atoms with Gasteiger partial charge < -0.3 is 9.73 Å². The van der Waals surface area contributed by atoms with Gasteiger partial charge in [0.2, 0.25) is 0 Å². The maximum Gasteiger partial charge on any atom is 0.196 e. The van der Waals surface area contributed by atoms with Crippen LogP contribution in [-0.4, -0.2) is 0 Å². The molecule has 0 spiro atoms. The van der Waals surface area contributed by atoms with E-state index in [1.54, 1.807) is 26.0 Å². The predicted octanol–water partition coefficient (Wildman–Crippen LogP) is 6.40. The van der Waals surface area contributed by atoms with E-state index in [2.05, 4.69) is 5.32 Å². The van der Waals surface area contributed by atoms with Gasteiger partial charge in [-0.15, -0.1) is 0 Å². The zero-order chi connectivity index (χ0) is 23.0. The maximum atomic E-state index is 14.1. The number of anilines is 1. The minimum Gasteiger partial charge on any atom is -0.455 e. The van der Waals surface area contributed by atoms with Crippen LogP contribution in [0.4, 0.5) is 14.5 Å². The molecule has 0 aliphatic heterocycles. The lowest BCUT2D eigenvalue weighted by Crippen LogP contribution is -2.13. The summed E-state index contributed by atoms with van der Waals surface area (Å²) >= 11 is 0. The van der Waals surface area contributed by atoms with Crippen LogP contribution in [0, 0.1) is 36.8 Å². The number of nitriles is 1. The monoisotopic (exact) mass is 430 g/mol. The van der Waals surface area contributed by atoms with E-state index in [9.17, 15) is 18.8 Å². The fourth-order valence-electron chi connectivity index (χ4n) is 3.85. The van der Waals surface area contributed by atoms with Gasteiger partial charge in [0.15, 0.2) is 17.1 Å². The molecule has 1 N–H and O–H groups in total. The lowest BCUT2D eigenvalue weighted by Gasteiger charge is -2.19. The zero-order valence-corrected chi connectivity index (χ0v) is 17.8. The highest BCUT2D eigenvalue weighted by Gasteiger charge is 2.21. The first-order valence-corrected chi connectivity index (χ1v) is 10.1. The first kappa shape index (κ1) is 21.3. The van der Waals surface area contributed by atoms with Crippen molar-refractivity contribution in [3.05, 3.63) is 98.7 Å². The number of nitrogens with zero attached hydrogens (tertiary/aromatic N) is 1. The van der Waals surface area contributed by atoms with Crippen molar-refractivity contribution < 1.29 is 13.2 Å². The molecule has 0 aliphatic carbocycles. The molecule has 3 aromatic carbocycles. The van der Waals surface area contributed by atoms with Crippen LogP contribution in [-0.2, 0) is 0 Å². The molecular formula is C26H20F2N2O2. The molecule has 0 bridgehead atoms. The third-order valence-electron chi connectivity index (χ3n) is 5.47. The Morgan fingerprint density at radius 1 is 1.06 bits per heavy atom. The second kappa shape index (κ2) is 8.27. The van der Waals surface area contributed by atoms with Gasteiger partial charge in [0.1, 0.15) is 23.0 Å². The Morgan fingerprint density at radius 3 is 2.47 bits per heavy atom. The van der Waals surface area contributed by atoms with Gasteiger partial charge in [-0.25, -0.2) is 8.78 Å². The summed E-state index contributed by atoms with van der Waals surface area (Å²) in [5, 5.41) is 12.8. The average Bonchev–Trinajstić information content (AvgIpc) is 2.79. The van der Waals surface area contributed by atoms with E-state index in [-0.39, 0.29) is 11.1 Å². The molecule has 0 saturated carbocycles. The van der Waals surface area contributed by atoms with Crippen LogP contribution >= 0.6 is 0 Å². The van der Waals surface area contributed by atoms with Crippen molar-refractivity contribution in [1.29, 1.82) is 5.26 Å². The molecule has 0 radical (unpaired) electrons. The molecule has 1 heterocycles. The van der Waals surface area contributed by atoms with E-state index in [4.69, 9.17) is 4.42 Å². The molecule has 160 valence electrons. The van der Waals surface area contributed by atoms with Crippen molar-refractivity contribution in [1.82, 2.24) is 0 Å². The van der Waals surface area contributed by atoms with Gasteiger partial charge in [-0.1, -0.05) is 36.4 Å². The van der Waals surface area contributed by atoms with Crippen LogP contribution in [0.1, 0.15) is 35.2 Å². The largest absolute Gasteiger partial charge is 0.455 e. The van der Waals surface area contributed by atoms with E-state index < -0.39 is 23.2 Å². The number of aryl methyl sites for hydroxylation is 1. The summed E-state index contributed by atoms with van der Waals surface area (Å²) in [6.07, 6.45) is 0. The zero-order valence-electron chi connectivity index (χ0n) is 17.8. The third-order valence-corrected chi connectivity index (χ3v) is 5.47. The summed E-state index contributed by atoms with van der Waals surface area (Å²) in [7, 11) is 0. The second-order valence-corrected chi connectivity index (χ2v) is 7.74. The Hall–Kier alpha value is -3.98. The highest BCUT2D eigenvalue weighted by atomic mass is 19.2. The number of rotatable bonds is 4. The molecule has 0 saturated heterocycles. The molecule has 6 heteroatoms. The highest BCUT2D eigenvalue weighted by Crippen LogP contribution is 2.33. The first-order chi connectivity index (χ1) is 15.3. The summed E-state index contributed by atoms with van der Waals surface area (Å²) < 4.78 is 33.9. The van der Waals surface area contributed by atoms with Crippen molar-refractivity contribution in [2.24, 2.45) is 0 Å². The van der Waals surface area contributed by atoms with Crippen molar-refractivity contribution in [3.63, 3.8) is 0 Å². The molecule has 32 heavy (non-hydrogen) atoms. The van der Waals surface area contributed by atoms with Crippen LogP contribution < -0.4 is 10.7 Å². The normalized spacial score (nSPS) is 11.9. The summed E-state index contributed by atoms with van der Waals surface area (Å²) in [6.45, 7) is 5.41. The Kier molecular flexibility index (Phi) is 5.50. The molecular weight excluding hydrogens is 410 g/mol. The van der Waals surface area contributed by atoms with Gasteiger partial charge >= 0.3 is 0 Å². The Morgan fingerprint density at radius 2 is 1.78 bits per heavy atom. The van der Waals surface area contributed by atoms with Crippen LogP contribution in [0.25, 0.3) is 22.3 Å². The number of benzene rings is 3. The van der Waals surface area contributed by atoms with Crippen molar-refractivity contribution in [2.75, 3.05) is 5.32 Å². The van der Waals surface area contributed by atoms with Crippen LogP contribution in [0.5, 0.6) is 0 Å². The van der Waals surface area contributed by atoms with Gasteiger partial charge in [0, 0.05) is 16.7 Å². The summed E-state index contributed by atoms with van der Waals surface area (Å²) in [5.41, 5.74) is 2.84. The summed E-state index contributed by atoms with van der Waals surface area (Å²) in [6, 6.07) is 16.5.